The van der Waals surface area contributed by atoms with Gasteiger partial charge in [0.2, 0.25) is 0 Å². The molecule has 5 rings (SSSR count). The maximum atomic E-state index is 6.13. The first-order valence-electron chi connectivity index (χ1n) is 12.1. The van der Waals surface area contributed by atoms with Crippen LogP contribution in [0.1, 0.15) is 39.3 Å². The highest BCUT2D eigenvalue weighted by Gasteiger charge is 2.51. The minimum absolute atomic E-state index is 0.361. The van der Waals surface area contributed by atoms with E-state index in [1.54, 1.807) is 0 Å². The van der Waals surface area contributed by atoms with Crippen LogP contribution in [0.5, 0.6) is 11.5 Å². The second kappa shape index (κ2) is 9.15. The van der Waals surface area contributed by atoms with Gasteiger partial charge in [-0.1, -0.05) is 48.5 Å². The molecule has 7 heteroatoms. The predicted octanol–water partition coefficient (Wildman–Crippen LogP) is 5.91. The molecule has 0 N–H and O–H groups in total. The maximum Gasteiger partial charge on any atom is 0.494 e. The molecular formula is C29H30BN3O3. The molecule has 0 spiro atoms. The fourth-order valence-electron chi connectivity index (χ4n) is 4.08. The molecule has 1 saturated heterocycles. The van der Waals surface area contributed by atoms with E-state index in [4.69, 9.17) is 14.0 Å². The van der Waals surface area contributed by atoms with Crippen molar-refractivity contribution in [3.8, 4) is 34.0 Å². The van der Waals surface area contributed by atoms with Gasteiger partial charge in [-0.2, -0.15) is 0 Å². The summed E-state index contributed by atoms with van der Waals surface area (Å²) in [6.07, 6.45) is 0. The summed E-state index contributed by atoms with van der Waals surface area (Å²) in [7, 11) is -0.382. The van der Waals surface area contributed by atoms with Crippen molar-refractivity contribution in [2.75, 3.05) is 0 Å². The van der Waals surface area contributed by atoms with Crippen LogP contribution in [-0.2, 0) is 9.31 Å². The number of hydrogen-bond donors (Lipinski definition) is 0. The first-order chi connectivity index (χ1) is 17.1. The SMILES string of the molecule is Cc1nc(C)nc(-c2ccc(-c3ccc(Oc4ccc(B5OC(C)(C)C(C)(C)O5)cc4)cc3)cc2)n1. The normalized spacial score (nSPS) is 16.2. The summed E-state index contributed by atoms with van der Waals surface area (Å²) < 4.78 is 18.3. The molecule has 0 saturated carbocycles. The molecule has 2 heterocycles. The molecule has 0 unspecified atom stereocenters. The number of nitrogens with zero attached hydrogens (tertiary/aromatic N) is 3. The summed E-state index contributed by atoms with van der Waals surface area (Å²) in [4.78, 5) is 13.1. The highest BCUT2D eigenvalue weighted by molar-refractivity contribution is 6.62. The van der Waals surface area contributed by atoms with Gasteiger partial charge in [-0.25, -0.2) is 15.0 Å². The van der Waals surface area contributed by atoms with Gasteiger partial charge in [0.1, 0.15) is 23.1 Å². The van der Waals surface area contributed by atoms with Crippen molar-refractivity contribution in [1.29, 1.82) is 0 Å². The number of ether oxygens (including phenoxy) is 1. The van der Waals surface area contributed by atoms with Crippen LogP contribution < -0.4 is 10.2 Å². The van der Waals surface area contributed by atoms with E-state index < -0.39 is 0 Å². The molecule has 6 nitrogen and oxygen atoms in total. The lowest BCUT2D eigenvalue weighted by Crippen LogP contribution is -2.41. The van der Waals surface area contributed by atoms with Crippen molar-refractivity contribution in [2.24, 2.45) is 0 Å². The molecule has 3 aromatic carbocycles. The summed E-state index contributed by atoms with van der Waals surface area (Å²) in [5.41, 5.74) is 3.44. The van der Waals surface area contributed by atoms with Gasteiger partial charge < -0.3 is 14.0 Å². The van der Waals surface area contributed by atoms with E-state index in [9.17, 15) is 0 Å². The van der Waals surface area contributed by atoms with Crippen molar-refractivity contribution in [3.63, 3.8) is 0 Å². The third-order valence-electron chi connectivity index (χ3n) is 6.83. The Bertz CT molecular complexity index is 1330. The highest BCUT2D eigenvalue weighted by atomic mass is 16.7. The molecule has 0 bridgehead atoms. The summed E-state index contributed by atoms with van der Waals surface area (Å²) in [6, 6.07) is 24.2. The van der Waals surface area contributed by atoms with Crippen LogP contribution in [0.25, 0.3) is 22.5 Å². The van der Waals surface area contributed by atoms with Gasteiger partial charge in [0.05, 0.1) is 11.2 Å². The van der Waals surface area contributed by atoms with Gasteiger partial charge in [-0.15, -0.1) is 0 Å². The minimum atomic E-state index is -0.382. The highest BCUT2D eigenvalue weighted by Crippen LogP contribution is 2.36. The number of aryl methyl sites for hydroxylation is 2. The lowest BCUT2D eigenvalue weighted by atomic mass is 9.79. The molecule has 1 aliphatic rings. The molecule has 0 aliphatic carbocycles. The van der Waals surface area contributed by atoms with Crippen molar-refractivity contribution < 1.29 is 14.0 Å². The monoisotopic (exact) mass is 479 g/mol. The van der Waals surface area contributed by atoms with Crippen molar-refractivity contribution >= 4 is 12.6 Å². The fraction of sp³-hybridized carbons (Fsp3) is 0.276. The number of benzene rings is 3. The second-order valence-electron chi connectivity index (χ2n) is 10.1. The average Bonchev–Trinajstić information content (AvgIpc) is 3.06. The van der Waals surface area contributed by atoms with E-state index in [0.29, 0.717) is 5.82 Å². The summed E-state index contributed by atoms with van der Waals surface area (Å²) in [5, 5.41) is 0. The van der Waals surface area contributed by atoms with Gasteiger partial charge in [0.25, 0.3) is 0 Å². The van der Waals surface area contributed by atoms with Crippen LogP contribution >= 0.6 is 0 Å². The first-order valence-corrected chi connectivity index (χ1v) is 12.1. The van der Waals surface area contributed by atoms with E-state index in [2.05, 4.69) is 66.9 Å². The van der Waals surface area contributed by atoms with Gasteiger partial charge in [-0.05, 0) is 82.4 Å². The Morgan fingerprint density at radius 2 is 1.00 bits per heavy atom. The fourth-order valence-corrected chi connectivity index (χ4v) is 4.08. The maximum absolute atomic E-state index is 6.13. The van der Waals surface area contributed by atoms with Gasteiger partial charge >= 0.3 is 7.12 Å². The molecule has 1 fully saturated rings. The van der Waals surface area contributed by atoms with Crippen LogP contribution in [0.15, 0.2) is 72.8 Å². The summed E-state index contributed by atoms with van der Waals surface area (Å²) in [6.45, 7) is 12.0. The Kier molecular flexibility index (Phi) is 6.14. The Morgan fingerprint density at radius 3 is 1.50 bits per heavy atom. The molecule has 1 aliphatic heterocycles. The molecule has 36 heavy (non-hydrogen) atoms. The average molecular weight is 479 g/mol. The summed E-state index contributed by atoms with van der Waals surface area (Å²) in [5.74, 6) is 3.67. The van der Waals surface area contributed by atoms with E-state index in [0.717, 1.165) is 45.3 Å². The van der Waals surface area contributed by atoms with Crippen LogP contribution in [0.2, 0.25) is 0 Å². The largest absolute Gasteiger partial charge is 0.494 e. The van der Waals surface area contributed by atoms with E-state index >= 15 is 0 Å². The molecule has 1 aromatic heterocycles. The number of rotatable bonds is 5. The standard InChI is InChI=1S/C29H30BN3O3/c1-19-31-20(2)33-27(32-19)23-9-7-21(8-10-23)22-11-15-25(16-12-22)34-26-17-13-24(14-18-26)30-35-28(3,4)29(5,6)36-30/h7-18H,1-6H3. The summed E-state index contributed by atoms with van der Waals surface area (Å²) >= 11 is 0. The van der Waals surface area contributed by atoms with Crippen LogP contribution in [0.3, 0.4) is 0 Å². The second-order valence-corrected chi connectivity index (χ2v) is 10.1. The van der Waals surface area contributed by atoms with E-state index in [1.165, 1.54) is 0 Å². The molecule has 0 radical (unpaired) electrons. The number of hydrogen-bond acceptors (Lipinski definition) is 6. The van der Waals surface area contributed by atoms with Crippen LogP contribution in [-0.4, -0.2) is 33.3 Å². The number of aromatic nitrogens is 3. The Labute approximate surface area is 212 Å². The topological polar surface area (TPSA) is 66.4 Å². The lowest BCUT2D eigenvalue weighted by Gasteiger charge is -2.32. The Morgan fingerprint density at radius 1 is 0.583 bits per heavy atom. The zero-order valence-corrected chi connectivity index (χ0v) is 21.6. The molecule has 0 atom stereocenters. The molecule has 182 valence electrons. The van der Waals surface area contributed by atoms with Crippen molar-refractivity contribution in [3.05, 3.63) is 84.4 Å². The van der Waals surface area contributed by atoms with E-state index in [1.807, 2.05) is 62.4 Å². The van der Waals surface area contributed by atoms with Crippen LogP contribution in [0, 0.1) is 13.8 Å². The quantitative estimate of drug-likeness (QED) is 0.332. The lowest BCUT2D eigenvalue weighted by molar-refractivity contribution is 0.00578. The van der Waals surface area contributed by atoms with E-state index in [-0.39, 0.29) is 18.3 Å². The Hall–Kier alpha value is -3.55. The molecular weight excluding hydrogens is 449 g/mol. The minimum Gasteiger partial charge on any atom is -0.457 e. The molecule has 4 aromatic rings. The van der Waals surface area contributed by atoms with Crippen LogP contribution in [0.4, 0.5) is 0 Å². The Balaban J connectivity index is 1.25. The zero-order valence-electron chi connectivity index (χ0n) is 21.6. The molecule has 0 amide bonds. The predicted molar refractivity (Wildman–Crippen MR) is 142 cm³/mol. The van der Waals surface area contributed by atoms with Gasteiger partial charge in [-0.3, -0.25) is 0 Å². The van der Waals surface area contributed by atoms with Gasteiger partial charge in [0.15, 0.2) is 5.82 Å². The smallest absolute Gasteiger partial charge is 0.457 e. The third kappa shape index (κ3) is 4.90. The third-order valence-corrected chi connectivity index (χ3v) is 6.83. The first kappa shape index (κ1) is 24.2. The van der Waals surface area contributed by atoms with Crippen molar-refractivity contribution in [2.45, 2.75) is 52.7 Å². The zero-order chi connectivity index (χ0) is 25.5. The van der Waals surface area contributed by atoms with Crippen molar-refractivity contribution in [1.82, 2.24) is 15.0 Å². The van der Waals surface area contributed by atoms with Gasteiger partial charge in [0, 0.05) is 5.56 Å².